The highest BCUT2D eigenvalue weighted by molar-refractivity contribution is 5.49. The molecule has 0 aliphatic carbocycles. The molecular weight excluding hydrogens is 265 g/mol. The van der Waals surface area contributed by atoms with Crippen molar-refractivity contribution in [2.24, 2.45) is 0 Å². The molecule has 0 amide bonds. The van der Waals surface area contributed by atoms with Crippen molar-refractivity contribution in [3.8, 4) is 6.07 Å². The van der Waals surface area contributed by atoms with Crippen LogP contribution in [0.4, 0.5) is 18.9 Å². The van der Waals surface area contributed by atoms with E-state index in [1.165, 1.54) is 30.3 Å². The second kappa shape index (κ2) is 6.11. The second-order valence-corrected chi connectivity index (χ2v) is 4.21. The summed E-state index contributed by atoms with van der Waals surface area (Å²) in [4.78, 5) is 0. The first-order valence-corrected chi connectivity index (χ1v) is 5.90. The smallest absolute Gasteiger partial charge is 0.263 e. The molecule has 0 fully saturated rings. The summed E-state index contributed by atoms with van der Waals surface area (Å²) in [6, 6.07) is 11.8. The van der Waals surface area contributed by atoms with Gasteiger partial charge in [0.15, 0.2) is 0 Å². The largest absolute Gasteiger partial charge is 0.379 e. The van der Waals surface area contributed by atoms with Crippen LogP contribution in [-0.4, -0.2) is 0 Å². The Labute approximate surface area is 114 Å². The van der Waals surface area contributed by atoms with Crippen LogP contribution < -0.4 is 5.32 Å². The molecule has 0 aromatic heterocycles. The van der Waals surface area contributed by atoms with Crippen LogP contribution in [0.1, 0.15) is 23.1 Å². The molecule has 0 heterocycles. The molecule has 0 saturated heterocycles. The topological polar surface area (TPSA) is 35.8 Å². The Bertz CT molecular complexity index is 648. The Balaban J connectivity index is 2.09. The molecule has 0 spiro atoms. The summed E-state index contributed by atoms with van der Waals surface area (Å²) in [5.41, 5.74) is 1.02. The normalized spacial score (nSPS) is 10.3. The third-order valence-electron chi connectivity index (χ3n) is 2.78. The number of nitrogens with zero attached hydrogens (tertiary/aromatic N) is 1. The Hall–Kier alpha value is -2.48. The first-order valence-electron chi connectivity index (χ1n) is 5.90. The lowest BCUT2D eigenvalue weighted by Crippen LogP contribution is -2.02. The second-order valence-electron chi connectivity index (χ2n) is 4.21. The van der Waals surface area contributed by atoms with E-state index in [0.29, 0.717) is 5.56 Å². The zero-order valence-corrected chi connectivity index (χ0v) is 10.4. The van der Waals surface area contributed by atoms with Gasteiger partial charge in [-0.2, -0.15) is 5.26 Å². The molecule has 2 rings (SSSR count). The van der Waals surface area contributed by atoms with E-state index < -0.39 is 12.2 Å². The molecule has 0 unspecified atom stereocenters. The summed E-state index contributed by atoms with van der Waals surface area (Å²) >= 11 is 0. The van der Waals surface area contributed by atoms with Crippen LogP contribution in [0.5, 0.6) is 0 Å². The molecule has 1 N–H and O–H groups in total. The number of hydrogen-bond acceptors (Lipinski definition) is 2. The molecule has 102 valence electrons. The first-order chi connectivity index (χ1) is 9.60. The molecular formula is C15H11F3N2. The van der Waals surface area contributed by atoms with E-state index in [0.717, 1.165) is 6.07 Å². The van der Waals surface area contributed by atoms with Crippen LogP contribution in [0.15, 0.2) is 42.5 Å². The zero-order chi connectivity index (χ0) is 14.5. The van der Waals surface area contributed by atoms with Gasteiger partial charge >= 0.3 is 0 Å². The maximum absolute atomic E-state index is 13.6. The van der Waals surface area contributed by atoms with Crippen molar-refractivity contribution in [1.29, 1.82) is 5.26 Å². The minimum atomic E-state index is -2.53. The summed E-state index contributed by atoms with van der Waals surface area (Å²) in [6.07, 6.45) is -2.53. The Kier molecular flexibility index (Phi) is 4.26. The number of halogens is 3. The van der Waals surface area contributed by atoms with Crippen molar-refractivity contribution in [1.82, 2.24) is 0 Å². The lowest BCUT2D eigenvalue weighted by Gasteiger charge is -2.09. The van der Waals surface area contributed by atoms with E-state index in [1.54, 1.807) is 6.07 Å². The molecule has 0 aliphatic heterocycles. The number of hydrogen-bond donors (Lipinski definition) is 1. The highest BCUT2D eigenvalue weighted by Gasteiger charge is 2.07. The molecule has 0 bridgehead atoms. The predicted molar refractivity (Wildman–Crippen MR) is 69.8 cm³/mol. The van der Waals surface area contributed by atoms with Gasteiger partial charge in [-0.15, -0.1) is 0 Å². The van der Waals surface area contributed by atoms with Gasteiger partial charge in [0.2, 0.25) is 0 Å². The fourth-order valence-electron chi connectivity index (χ4n) is 1.76. The van der Waals surface area contributed by atoms with Gasteiger partial charge in [-0.1, -0.05) is 18.2 Å². The van der Waals surface area contributed by atoms with Gasteiger partial charge in [-0.25, -0.2) is 13.2 Å². The Morgan fingerprint density at radius 3 is 2.60 bits per heavy atom. The number of alkyl halides is 2. The van der Waals surface area contributed by atoms with Gasteiger partial charge in [0.05, 0.1) is 17.3 Å². The number of rotatable bonds is 4. The maximum Gasteiger partial charge on any atom is 0.263 e. The minimum Gasteiger partial charge on any atom is -0.379 e. The summed E-state index contributed by atoms with van der Waals surface area (Å²) in [5.74, 6) is -0.547. The summed E-state index contributed by atoms with van der Waals surface area (Å²) in [5, 5.41) is 11.5. The van der Waals surface area contributed by atoms with Crippen molar-refractivity contribution in [3.63, 3.8) is 0 Å². The van der Waals surface area contributed by atoms with E-state index in [4.69, 9.17) is 5.26 Å². The SMILES string of the molecule is N#Cc1ccc(NCc2cccc(C(F)F)c2)c(F)c1. The van der Waals surface area contributed by atoms with Gasteiger partial charge in [0.25, 0.3) is 6.43 Å². The average Bonchev–Trinajstić information content (AvgIpc) is 2.46. The van der Waals surface area contributed by atoms with Gasteiger partial charge in [-0.3, -0.25) is 0 Å². The zero-order valence-electron chi connectivity index (χ0n) is 10.4. The third-order valence-corrected chi connectivity index (χ3v) is 2.78. The Morgan fingerprint density at radius 1 is 1.15 bits per heavy atom. The summed E-state index contributed by atoms with van der Waals surface area (Å²) in [6.45, 7) is 0.226. The molecule has 0 saturated carbocycles. The van der Waals surface area contributed by atoms with Crippen molar-refractivity contribution in [3.05, 3.63) is 65.0 Å². The molecule has 2 nitrogen and oxygen atoms in total. The molecule has 0 radical (unpaired) electrons. The van der Waals surface area contributed by atoms with E-state index in [9.17, 15) is 13.2 Å². The van der Waals surface area contributed by atoms with Crippen molar-refractivity contribution in [2.75, 3.05) is 5.32 Å². The fourth-order valence-corrected chi connectivity index (χ4v) is 1.76. The van der Waals surface area contributed by atoms with Crippen LogP contribution in [0, 0.1) is 17.1 Å². The van der Waals surface area contributed by atoms with E-state index in [1.807, 2.05) is 6.07 Å². The van der Waals surface area contributed by atoms with E-state index in [2.05, 4.69) is 5.32 Å². The number of anilines is 1. The van der Waals surface area contributed by atoms with E-state index in [-0.39, 0.29) is 23.4 Å². The summed E-state index contributed by atoms with van der Waals surface area (Å²) < 4.78 is 38.7. The number of nitrogens with one attached hydrogen (secondary N) is 1. The monoisotopic (exact) mass is 276 g/mol. The summed E-state index contributed by atoms with van der Waals surface area (Å²) in [7, 11) is 0. The molecule has 2 aromatic carbocycles. The highest BCUT2D eigenvalue weighted by atomic mass is 19.3. The molecule has 0 atom stereocenters. The van der Waals surface area contributed by atoms with Crippen LogP contribution >= 0.6 is 0 Å². The lowest BCUT2D eigenvalue weighted by molar-refractivity contribution is 0.151. The maximum atomic E-state index is 13.6. The van der Waals surface area contributed by atoms with E-state index >= 15 is 0 Å². The highest BCUT2D eigenvalue weighted by Crippen LogP contribution is 2.21. The lowest BCUT2D eigenvalue weighted by atomic mass is 10.1. The van der Waals surface area contributed by atoms with Crippen LogP contribution in [0.25, 0.3) is 0 Å². The quantitative estimate of drug-likeness (QED) is 0.906. The molecule has 20 heavy (non-hydrogen) atoms. The molecule has 5 heteroatoms. The van der Waals surface area contributed by atoms with Gasteiger partial charge in [-0.05, 0) is 29.8 Å². The molecule has 2 aromatic rings. The van der Waals surface area contributed by atoms with Crippen LogP contribution in [0.2, 0.25) is 0 Å². The standard InChI is InChI=1S/C15H11F3N2/c16-13-7-10(8-19)4-5-14(13)20-9-11-2-1-3-12(6-11)15(17)18/h1-7,15,20H,9H2. The predicted octanol–water partition coefficient (Wildman–Crippen LogP) is 4.25. The average molecular weight is 276 g/mol. The number of benzene rings is 2. The first kappa shape index (κ1) is 13.9. The van der Waals surface area contributed by atoms with Crippen molar-refractivity contribution in [2.45, 2.75) is 13.0 Å². The fraction of sp³-hybridized carbons (Fsp3) is 0.133. The minimum absolute atomic E-state index is 0.0652. The van der Waals surface area contributed by atoms with Crippen molar-refractivity contribution < 1.29 is 13.2 Å². The van der Waals surface area contributed by atoms with Crippen LogP contribution in [-0.2, 0) is 6.54 Å². The molecule has 0 aliphatic rings. The van der Waals surface area contributed by atoms with Gasteiger partial charge < -0.3 is 5.32 Å². The third kappa shape index (κ3) is 3.29. The van der Waals surface area contributed by atoms with Gasteiger partial charge in [0, 0.05) is 12.1 Å². The number of nitriles is 1. The van der Waals surface area contributed by atoms with Crippen LogP contribution in [0.3, 0.4) is 0 Å². The van der Waals surface area contributed by atoms with Gasteiger partial charge in [0.1, 0.15) is 5.82 Å². The van der Waals surface area contributed by atoms with Crippen molar-refractivity contribution >= 4 is 5.69 Å². The Morgan fingerprint density at radius 2 is 1.95 bits per heavy atom.